The summed E-state index contributed by atoms with van der Waals surface area (Å²) >= 11 is 1.48. The normalized spacial score (nSPS) is 25.3. The number of piperidine rings is 1. The summed E-state index contributed by atoms with van der Waals surface area (Å²) < 4.78 is 11.6. The molecule has 1 atom stereocenters. The molecule has 0 aromatic carbocycles. The summed E-state index contributed by atoms with van der Waals surface area (Å²) in [5.41, 5.74) is 0.143. The van der Waals surface area contributed by atoms with E-state index in [1.54, 1.807) is 0 Å². The second kappa shape index (κ2) is 7.49. The predicted molar refractivity (Wildman–Crippen MR) is 103 cm³/mol. The van der Waals surface area contributed by atoms with E-state index in [9.17, 15) is 4.79 Å². The van der Waals surface area contributed by atoms with Crippen molar-refractivity contribution in [1.29, 1.82) is 0 Å². The van der Waals surface area contributed by atoms with Gasteiger partial charge in [-0.3, -0.25) is 9.69 Å². The molecule has 144 valence electrons. The second-order valence-corrected chi connectivity index (χ2v) is 9.11. The summed E-state index contributed by atoms with van der Waals surface area (Å²) in [5.74, 6) is 2.31. The van der Waals surface area contributed by atoms with E-state index in [1.807, 2.05) is 23.3 Å². The SMILES string of the molecule is CCOc1ccsc1C(=O)N1CC2(CC(COCC3CC3)CCN2C)C1. The summed E-state index contributed by atoms with van der Waals surface area (Å²) in [6, 6.07) is 1.90. The van der Waals surface area contributed by atoms with Crippen LogP contribution < -0.4 is 4.74 Å². The van der Waals surface area contributed by atoms with Crippen LogP contribution in [-0.2, 0) is 4.74 Å². The van der Waals surface area contributed by atoms with E-state index in [0.717, 1.165) is 55.8 Å². The van der Waals surface area contributed by atoms with Crippen LogP contribution in [0.1, 0.15) is 42.3 Å². The fourth-order valence-corrected chi connectivity index (χ4v) is 5.08. The molecule has 2 aliphatic heterocycles. The number of thiophene rings is 1. The summed E-state index contributed by atoms with van der Waals surface area (Å²) in [6.45, 7) is 7.12. The molecule has 3 fully saturated rings. The highest BCUT2D eigenvalue weighted by Gasteiger charge is 2.51. The summed E-state index contributed by atoms with van der Waals surface area (Å²) in [4.78, 5) is 18.1. The van der Waals surface area contributed by atoms with Crippen molar-refractivity contribution in [1.82, 2.24) is 9.80 Å². The quantitative estimate of drug-likeness (QED) is 0.731. The van der Waals surface area contributed by atoms with E-state index in [4.69, 9.17) is 9.47 Å². The van der Waals surface area contributed by atoms with Crippen LogP contribution in [-0.4, -0.2) is 67.7 Å². The zero-order valence-corrected chi connectivity index (χ0v) is 16.7. The first-order chi connectivity index (χ1) is 12.6. The molecule has 3 aliphatic rings. The Bertz CT molecular complexity index is 637. The Morgan fingerprint density at radius 2 is 2.04 bits per heavy atom. The molecule has 1 unspecified atom stereocenters. The van der Waals surface area contributed by atoms with Gasteiger partial charge in [-0.2, -0.15) is 0 Å². The van der Waals surface area contributed by atoms with Gasteiger partial charge in [-0.15, -0.1) is 11.3 Å². The molecule has 1 amide bonds. The van der Waals surface area contributed by atoms with Crippen LogP contribution in [0.4, 0.5) is 0 Å². The molecule has 1 spiro atoms. The molecule has 5 nitrogen and oxygen atoms in total. The fraction of sp³-hybridized carbons (Fsp3) is 0.750. The highest BCUT2D eigenvalue weighted by Crippen LogP contribution is 2.40. The number of ether oxygens (including phenoxy) is 2. The van der Waals surface area contributed by atoms with Crippen LogP contribution in [0.25, 0.3) is 0 Å². The Morgan fingerprint density at radius 1 is 1.27 bits per heavy atom. The van der Waals surface area contributed by atoms with Crippen LogP contribution >= 0.6 is 11.3 Å². The molecule has 0 radical (unpaired) electrons. The fourth-order valence-electron chi connectivity index (χ4n) is 4.28. The van der Waals surface area contributed by atoms with Crippen molar-refractivity contribution < 1.29 is 14.3 Å². The topological polar surface area (TPSA) is 42.0 Å². The third-order valence-electron chi connectivity index (χ3n) is 6.14. The number of carbonyl (C=O) groups excluding carboxylic acids is 1. The van der Waals surface area contributed by atoms with E-state index in [0.29, 0.717) is 12.5 Å². The van der Waals surface area contributed by atoms with Gasteiger partial charge in [0.05, 0.1) is 12.1 Å². The Kier molecular flexibility index (Phi) is 5.26. The number of carbonyl (C=O) groups is 1. The molecule has 3 heterocycles. The van der Waals surface area contributed by atoms with Gasteiger partial charge in [0, 0.05) is 26.3 Å². The summed E-state index contributed by atoms with van der Waals surface area (Å²) in [6.07, 6.45) is 5.04. The average molecular weight is 379 g/mol. The van der Waals surface area contributed by atoms with Gasteiger partial charge in [-0.1, -0.05) is 0 Å². The van der Waals surface area contributed by atoms with Crippen LogP contribution in [0.15, 0.2) is 11.4 Å². The number of likely N-dealkylation sites (tertiary alicyclic amines) is 2. The van der Waals surface area contributed by atoms with Crippen LogP contribution in [0.2, 0.25) is 0 Å². The molecule has 1 saturated carbocycles. The van der Waals surface area contributed by atoms with Gasteiger partial charge in [-0.05, 0) is 69.5 Å². The monoisotopic (exact) mass is 378 g/mol. The number of rotatable bonds is 7. The van der Waals surface area contributed by atoms with Crippen LogP contribution in [0.3, 0.4) is 0 Å². The molecular weight excluding hydrogens is 348 g/mol. The zero-order chi connectivity index (χ0) is 18.1. The van der Waals surface area contributed by atoms with Gasteiger partial charge < -0.3 is 14.4 Å². The lowest BCUT2D eigenvalue weighted by molar-refractivity contribution is -0.0760. The minimum absolute atomic E-state index is 0.120. The van der Waals surface area contributed by atoms with Gasteiger partial charge in [0.2, 0.25) is 0 Å². The first-order valence-corrected chi connectivity index (χ1v) is 10.8. The summed E-state index contributed by atoms with van der Waals surface area (Å²) in [7, 11) is 2.21. The summed E-state index contributed by atoms with van der Waals surface area (Å²) in [5, 5.41) is 1.94. The molecule has 1 aromatic rings. The van der Waals surface area contributed by atoms with Crippen LogP contribution in [0.5, 0.6) is 5.75 Å². The van der Waals surface area contributed by atoms with Crippen molar-refractivity contribution >= 4 is 17.2 Å². The molecule has 0 N–H and O–H groups in total. The van der Waals surface area contributed by atoms with Crippen LogP contribution in [0, 0.1) is 11.8 Å². The third kappa shape index (κ3) is 3.64. The zero-order valence-electron chi connectivity index (χ0n) is 15.9. The Labute approximate surface area is 160 Å². The van der Waals surface area contributed by atoms with Gasteiger partial charge in [0.25, 0.3) is 5.91 Å². The largest absolute Gasteiger partial charge is 0.492 e. The molecule has 6 heteroatoms. The van der Waals surface area contributed by atoms with Gasteiger partial charge in [-0.25, -0.2) is 0 Å². The Morgan fingerprint density at radius 3 is 2.77 bits per heavy atom. The highest BCUT2D eigenvalue weighted by atomic mass is 32.1. The van der Waals surface area contributed by atoms with Gasteiger partial charge >= 0.3 is 0 Å². The minimum atomic E-state index is 0.120. The van der Waals surface area contributed by atoms with Crippen molar-refractivity contribution in [3.05, 3.63) is 16.3 Å². The Hall–Kier alpha value is -1.11. The Balaban J connectivity index is 1.33. The van der Waals surface area contributed by atoms with Crippen molar-refractivity contribution in [2.45, 2.75) is 38.1 Å². The molecule has 4 rings (SSSR count). The molecular formula is C20H30N2O3S. The standard InChI is InChI=1S/C20H30N2O3S/c1-3-25-17-7-9-26-18(17)19(23)22-13-20(14-22)10-16(6-8-21(20)2)12-24-11-15-4-5-15/h7,9,15-16H,3-6,8,10-14H2,1-2H3. The average Bonchev–Trinajstić information content (AvgIpc) is 3.31. The number of likely N-dealkylation sites (N-methyl/N-ethyl adjacent to an activating group) is 1. The van der Waals surface area contributed by atoms with E-state index in [-0.39, 0.29) is 11.4 Å². The van der Waals surface area contributed by atoms with Gasteiger partial charge in [0.15, 0.2) is 0 Å². The number of nitrogens with zero attached hydrogens (tertiary/aromatic N) is 2. The lowest BCUT2D eigenvalue weighted by atomic mass is 9.75. The molecule has 0 bridgehead atoms. The lowest BCUT2D eigenvalue weighted by Gasteiger charge is -2.58. The molecule has 26 heavy (non-hydrogen) atoms. The first kappa shape index (κ1) is 18.3. The first-order valence-electron chi connectivity index (χ1n) is 9.90. The second-order valence-electron chi connectivity index (χ2n) is 8.19. The third-order valence-corrected chi connectivity index (χ3v) is 7.02. The van der Waals surface area contributed by atoms with E-state index in [1.165, 1.54) is 30.6 Å². The van der Waals surface area contributed by atoms with Gasteiger partial charge in [0.1, 0.15) is 10.6 Å². The molecule has 1 aliphatic carbocycles. The smallest absolute Gasteiger partial charge is 0.267 e. The van der Waals surface area contributed by atoms with Crippen molar-refractivity contribution in [2.24, 2.45) is 11.8 Å². The maximum atomic E-state index is 12.9. The molecule has 2 saturated heterocycles. The molecule has 1 aromatic heterocycles. The van der Waals surface area contributed by atoms with Crippen molar-refractivity contribution in [3.63, 3.8) is 0 Å². The highest BCUT2D eigenvalue weighted by molar-refractivity contribution is 7.12. The predicted octanol–water partition coefficient (Wildman–Crippen LogP) is 3.11. The number of hydrogen-bond donors (Lipinski definition) is 0. The van der Waals surface area contributed by atoms with Crippen molar-refractivity contribution in [2.75, 3.05) is 46.5 Å². The number of hydrogen-bond acceptors (Lipinski definition) is 5. The van der Waals surface area contributed by atoms with E-state index in [2.05, 4.69) is 11.9 Å². The minimum Gasteiger partial charge on any atom is -0.492 e. The maximum Gasteiger partial charge on any atom is 0.267 e. The lowest BCUT2D eigenvalue weighted by Crippen LogP contribution is -2.72. The van der Waals surface area contributed by atoms with E-state index < -0.39 is 0 Å². The van der Waals surface area contributed by atoms with E-state index >= 15 is 0 Å². The number of amides is 1. The maximum absolute atomic E-state index is 12.9. The van der Waals surface area contributed by atoms with Crippen molar-refractivity contribution in [3.8, 4) is 5.75 Å².